The molecule has 1 amide bonds. The van der Waals surface area contributed by atoms with Crippen LogP contribution < -0.4 is 11.1 Å². The predicted molar refractivity (Wildman–Crippen MR) is 88.4 cm³/mol. The first-order valence-corrected chi connectivity index (χ1v) is 7.97. The fraction of sp³-hybridized carbons (Fsp3) is 0.375. The monoisotopic (exact) mass is 352 g/mol. The van der Waals surface area contributed by atoms with Crippen LogP contribution in [0.5, 0.6) is 0 Å². The summed E-state index contributed by atoms with van der Waals surface area (Å²) in [4.78, 5) is 12.0. The van der Waals surface area contributed by atoms with Crippen molar-refractivity contribution in [2.75, 3.05) is 20.3 Å². The van der Waals surface area contributed by atoms with Gasteiger partial charge in [0.05, 0.1) is 22.3 Å². The van der Waals surface area contributed by atoms with Gasteiger partial charge in [-0.25, -0.2) is 4.39 Å². The van der Waals surface area contributed by atoms with Gasteiger partial charge in [0.15, 0.2) is 0 Å². The maximum Gasteiger partial charge on any atom is 0.252 e. The Labute approximate surface area is 143 Å². The van der Waals surface area contributed by atoms with E-state index in [1.54, 1.807) is 13.2 Å². The number of nitrogens with zero attached hydrogens (tertiary/aromatic N) is 2. The molecule has 0 aliphatic carbocycles. The molecule has 0 radical (unpaired) electrons. The zero-order chi connectivity index (χ0) is 17.3. The smallest absolute Gasteiger partial charge is 0.252 e. The van der Waals surface area contributed by atoms with Crippen LogP contribution in [-0.4, -0.2) is 35.9 Å². The van der Waals surface area contributed by atoms with Crippen molar-refractivity contribution in [2.45, 2.75) is 19.0 Å². The molecular weight excluding hydrogens is 335 g/mol. The minimum absolute atomic E-state index is 0.0250. The SMILES string of the molecule is COCCC1CNCc2c(C(N)=O)c(-c3ccc(F)c(Cl)c3)nn21. The van der Waals surface area contributed by atoms with Crippen molar-refractivity contribution in [2.24, 2.45) is 5.73 Å². The zero-order valence-corrected chi connectivity index (χ0v) is 13.9. The maximum atomic E-state index is 13.4. The third-order valence-corrected chi connectivity index (χ3v) is 4.41. The summed E-state index contributed by atoms with van der Waals surface area (Å²) in [5.74, 6) is -1.09. The molecule has 0 spiro atoms. The molecular formula is C16H18ClFN4O2. The Balaban J connectivity index is 2.11. The van der Waals surface area contributed by atoms with Gasteiger partial charge in [0.1, 0.15) is 11.5 Å². The minimum atomic E-state index is -0.569. The van der Waals surface area contributed by atoms with E-state index >= 15 is 0 Å². The number of hydrogen-bond acceptors (Lipinski definition) is 4. The third kappa shape index (κ3) is 3.02. The molecule has 3 rings (SSSR count). The van der Waals surface area contributed by atoms with Gasteiger partial charge in [-0.1, -0.05) is 11.6 Å². The van der Waals surface area contributed by atoms with Crippen LogP contribution in [0, 0.1) is 5.82 Å². The molecule has 128 valence electrons. The van der Waals surface area contributed by atoms with Crippen LogP contribution in [0.4, 0.5) is 4.39 Å². The molecule has 0 saturated carbocycles. The van der Waals surface area contributed by atoms with E-state index < -0.39 is 11.7 Å². The molecule has 1 aliphatic heterocycles. The molecule has 24 heavy (non-hydrogen) atoms. The highest BCUT2D eigenvalue weighted by molar-refractivity contribution is 6.31. The topological polar surface area (TPSA) is 82.2 Å². The number of methoxy groups -OCH3 is 1. The Morgan fingerprint density at radius 1 is 1.58 bits per heavy atom. The van der Waals surface area contributed by atoms with Crippen LogP contribution in [0.25, 0.3) is 11.3 Å². The van der Waals surface area contributed by atoms with E-state index in [1.165, 1.54) is 12.1 Å². The molecule has 0 bridgehead atoms. The Hall–Kier alpha value is -1.96. The van der Waals surface area contributed by atoms with Gasteiger partial charge in [0.25, 0.3) is 5.91 Å². The van der Waals surface area contributed by atoms with Crippen molar-refractivity contribution in [3.8, 4) is 11.3 Å². The normalized spacial score (nSPS) is 16.9. The molecule has 3 N–H and O–H groups in total. The van der Waals surface area contributed by atoms with Gasteiger partial charge in [-0.2, -0.15) is 5.10 Å². The Morgan fingerprint density at radius 3 is 3.04 bits per heavy atom. The number of rotatable bonds is 5. The number of benzene rings is 1. The summed E-state index contributed by atoms with van der Waals surface area (Å²) in [6.45, 7) is 1.79. The van der Waals surface area contributed by atoms with Gasteiger partial charge >= 0.3 is 0 Å². The second-order valence-corrected chi connectivity index (χ2v) is 6.08. The lowest BCUT2D eigenvalue weighted by atomic mass is 10.0. The second kappa shape index (κ2) is 6.88. The molecule has 2 aromatic rings. The molecule has 1 aromatic carbocycles. The summed E-state index contributed by atoms with van der Waals surface area (Å²) >= 11 is 5.86. The van der Waals surface area contributed by atoms with Crippen molar-refractivity contribution in [3.05, 3.63) is 40.3 Å². The van der Waals surface area contributed by atoms with Gasteiger partial charge < -0.3 is 15.8 Å². The van der Waals surface area contributed by atoms with E-state index in [1.807, 2.05) is 4.68 Å². The lowest BCUT2D eigenvalue weighted by molar-refractivity contribution is 0.0999. The highest BCUT2D eigenvalue weighted by Gasteiger charge is 2.29. The number of fused-ring (bicyclic) bond motifs is 1. The van der Waals surface area contributed by atoms with Crippen molar-refractivity contribution >= 4 is 17.5 Å². The summed E-state index contributed by atoms with van der Waals surface area (Å²) in [6, 6.07) is 4.30. The standard InChI is InChI=1S/C16H18ClFN4O2/c1-24-5-4-10-7-20-8-13-14(16(19)23)15(21-22(10)13)9-2-3-12(18)11(17)6-9/h2-3,6,10,20H,4-5,7-8H2,1H3,(H2,19,23). The number of nitrogens with one attached hydrogen (secondary N) is 1. The molecule has 2 heterocycles. The fourth-order valence-electron chi connectivity index (χ4n) is 2.97. The van der Waals surface area contributed by atoms with Crippen LogP contribution in [-0.2, 0) is 11.3 Å². The van der Waals surface area contributed by atoms with Crippen molar-refractivity contribution in [1.29, 1.82) is 0 Å². The second-order valence-electron chi connectivity index (χ2n) is 5.67. The van der Waals surface area contributed by atoms with E-state index in [0.717, 1.165) is 18.7 Å². The number of ether oxygens (including phenoxy) is 1. The van der Waals surface area contributed by atoms with Gasteiger partial charge in [0, 0.05) is 32.4 Å². The number of aromatic nitrogens is 2. The van der Waals surface area contributed by atoms with E-state index in [0.29, 0.717) is 30.0 Å². The molecule has 6 nitrogen and oxygen atoms in total. The van der Waals surface area contributed by atoms with Crippen molar-refractivity contribution in [1.82, 2.24) is 15.1 Å². The van der Waals surface area contributed by atoms with Crippen LogP contribution >= 0.6 is 11.6 Å². The number of nitrogens with two attached hydrogens (primary N) is 1. The molecule has 1 unspecified atom stereocenters. The number of primary amides is 1. The van der Waals surface area contributed by atoms with E-state index in [4.69, 9.17) is 22.1 Å². The maximum absolute atomic E-state index is 13.4. The lowest BCUT2D eigenvalue weighted by Crippen LogP contribution is -2.35. The molecule has 0 saturated heterocycles. The first-order chi connectivity index (χ1) is 11.5. The fourth-order valence-corrected chi connectivity index (χ4v) is 3.15. The Morgan fingerprint density at radius 2 is 2.38 bits per heavy atom. The van der Waals surface area contributed by atoms with Crippen molar-refractivity contribution in [3.63, 3.8) is 0 Å². The Kier molecular flexibility index (Phi) is 4.84. The highest BCUT2D eigenvalue weighted by atomic mass is 35.5. The van der Waals surface area contributed by atoms with Crippen LogP contribution in [0.15, 0.2) is 18.2 Å². The van der Waals surface area contributed by atoms with Gasteiger partial charge in [-0.05, 0) is 24.6 Å². The third-order valence-electron chi connectivity index (χ3n) is 4.12. The van der Waals surface area contributed by atoms with Crippen molar-refractivity contribution < 1.29 is 13.9 Å². The van der Waals surface area contributed by atoms with Crippen LogP contribution in [0.2, 0.25) is 5.02 Å². The van der Waals surface area contributed by atoms with Crippen LogP contribution in [0.1, 0.15) is 28.5 Å². The average molecular weight is 353 g/mol. The molecule has 0 fully saturated rings. The Bertz CT molecular complexity index is 778. The van der Waals surface area contributed by atoms with E-state index in [2.05, 4.69) is 10.4 Å². The molecule has 1 aromatic heterocycles. The summed E-state index contributed by atoms with van der Waals surface area (Å²) in [5, 5.41) is 7.83. The number of carbonyl (C=O) groups is 1. The largest absolute Gasteiger partial charge is 0.385 e. The zero-order valence-electron chi connectivity index (χ0n) is 13.2. The number of halogens is 2. The molecule has 8 heteroatoms. The van der Waals surface area contributed by atoms with Gasteiger partial charge in [-0.3, -0.25) is 9.48 Å². The average Bonchev–Trinajstić information content (AvgIpc) is 2.95. The van der Waals surface area contributed by atoms with E-state index in [-0.39, 0.29) is 11.1 Å². The minimum Gasteiger partial charge on any atom is -0.385 e. The summed E-state index contributed by atoms with van der Waals surface area (Å²) in [5.41, 5.74) is 7.63. The van der Waals surface area contributed by atoms with Gasteiger partial charge in [0.2, 0.25) is 0 Å². The summed E-state index contributed by atoms with van der Waals surface area (Å²) in [7, 11) is 1.64. The summed E-state index contributed by atoms with van der Waals surface area (Å²) < 4.78 is 20.4. The summed E-state index contributed by atoms with van der Waals surface area (Å²) in [6.07, 6.45) is 0.750. The predicted octanol–water partition coefficient (Wildman–Crippen LogP) is 2.12. The van der Waals surface area contributed by atoms with Crippen LogP contribution in [0.3, 0.4) is 0 Å². The first kappa shape index (κ1) is 16.9. The highest BCUT2D eigenvalue weighted by Crippen LogP contribution is 2.31. The van der Waals surface area contributed by atoms with E-state index in [9.17, 15) is 9.18 Å². The number of hydrogen-bond donors (Lipinski definition) is 2. The first-order valence-electron chi connectivity index (χ1n) is 7.59. The number of amides is 1. The quantitative estimate of drug-likeness (QED) is 0.863. The number of carbonyl (C=O) groups excluding carboxylic acids is 1. The van der Waals surface area contributed by atoms with Gasteiger partial charge in [-0.15, -0.1) is 0 Å². The molecule has 1 atom stereocenters. The molecule has 1 aliphatic rings. The lowest BCUT2D eigenvalue weighted by Gasteiger charge is -2.25.